The van der Waals surface area contributed by atoms with Gasteiger partial charge in [0.15, 0.2) is 0 Å². The molecular weight excluding hydrogens is 184 g/mol. The van der Waals surface area contributed by atoms with Crippen LogP contribution in [0.15, 0.2) is 0 Å². The number of esters is 1. The van der Waals surface area contributed by atoms with Gasteiger partial charge < -0.3 is 9.84 Å². The molecule has 1 N–H and O–H groups in total. The van der Waals surface area contributed by atoms with Gasteiger partial charge in [-0.2, -0.15) is 0 Å². The summed E-state index contributed by atoms with van der Waals surface area (Å²) >= 11 is 0. The van der Waals surface area contributed by atoms with Crippen LogP contribution in [0.1, 0.15) is 39.5 Å². The first kappa shape index (κ1) is 12.9. The van der Waals surface area contributed by atoms with Gasteiger partial charge in [-0.1, -0.05) is 33.1 Å². The molecule has 0 aromatic rings. The minimum atomic E-state index is -1.52. The summed E-state index contributed by atoms with van der Waals surface area (Å²) in [6.07, 6.45) is 3.98. The number of carboxylic acid groups (broad SMARTS) is 1. The van der Waals surface area contributed by atoms with Gasteiger partial charge >= 0.3 is 11.9 Å². The van der Waals surface area contributed by atoms with Crippen LogP contribution in [0.3, 0.4) is 0 Å². The van der Waals surface area contributed by atoms with Crippen LogP contribution in [0.5, 0.6) is 0 Å². The molecule has 0 aromatic carbocycles. The molecule has 82 valence electrons. The Bertz CT molecular complexity index is 187. The molecule has 0 aliphatic carbocycles. The highest BCUT2D eigenvalue weighted by Crippen LogP contribution is 2.07. The highest BCUT2D eigenvalue weighted by atomic mass is 16.6. The largest absolute Gasteiger partial charge is 0.473 e. The third-order valence-corrected chi connectivity index (χ3v) is 1.83. The minimum Gasteiger partial charge on any atom is -0.473 e. The molecule has 14 heavy (non-hydrogen) atoms. The number of carbonyl (C=O) groups is 2. The van der Waals surface area contributed by atoms with E-state index in [0.29, 0.717) is 5.92 Å². The number of unbranched alkanes of at least 4 members (excludes halogenated alkanes) is 2. The Morgan fingerprint density at radius 3 is 2.36 bits per heavy atom. The second-order valence-electron chi connectivity index (χ2n) is 3.68. The maximum absolute atomic E-state index is 10.5. The first-order chi connectivity index (χ1) is 6.54. The Morgan fingerprint density at radius 2 is 1.86 bits per heavy atom. The lowest BCUT2D eigenvalue weighted by atomic mass is 10.1. The number of hydrogen-bond acceptors (Lipinski definition) is 3. The van der Waals surface area contributed by atoms with E-state index in [1.807, 2.05) is 0 Å². The van der Waals surface area contributed by atoms with Gasteiger partial charge in [0.05, 0.1) is 6.61 Å². The van der Waals surface area contributed by atoms with E-state index >= 15 is 0 Å². The normalized spacial score (nSPS) is 10.2. The molecule has 0 amide bonds. The monoisotopic (exact) mass is 202 g/mol. The highest BCUT2D eigenvalue weighted by Gasteiger charge is 2.11. The van der Waals surface area contributed by atoms with Crippen molar-refractivity contribution in [2.75, 3.05) is 6.61 Å². The third-order valence-electron chi connectivity index (χ3n) is 1.83. The van der Waals surface area contributed by atoms with Crippen molar-refractivity contribution < 1.29 is 19.4 Å². The summed E-state index contributed by atoms with van der Waals surface area (Å²) in [5, 5.41) is 8.18. The molecule has 0 bridgehead atoms. The van der Waals surface area contributed by atoms with Gasteiger partial charge in [0.25, 0.3) is 0 Å². The topological polar surface area (TPSA) is 63.6 Å². The molecule has 0 saturated carbocycles. The average Bonchev–Trinajstić information content (AvgIpc) is 2.09. The molecule has 4 nitrogen and oxygen atoms in total. The zero-order valence-electron chi connectivity index (χ0n) is 8.78. The Hall–Kier alpha value is -1.06. The van der Waals surface area contributed by atoms with Crippen molar-refractivity contribution in [3.8, 4) is 0 Å². The van der Waals surface area contributed by atoms with Crippen LogP contribution < -0.4 is 0 Å². The molecule has 0 aliphatic heterocycles. The van der Waals surface area contributed by atoms with Gasteiger partial charge in [-0.05, 0) is 12.3 Å². The Labute approximate surface area is 84.3 Å². The molecule has 0 aromatic heterocycles. The Morgan fingerprint density at radius 1 is 1.21 bits per heavy atom. The van der Waals surface area contributed by atoms with E-state index in [1.54, 1.807) is 0 Å². The quantitative estimate of drug-likeness (QED) is 0.405. The van der Waals surface area contributed by atoms with Crippen LogP contribution >= 0.6 is 0 Å². The molecule has 0 aliphatic rings. The van der Waals surface area contributed by atoms with Crippen LogP contribution in [0.4, 0.5) is 0 Å². The fourth-order valence-electron chi connectivity index (χ4n) is 1.06. The zero-order valence-corrected chi connectivity index (χ0v) is 8.78. The Kier molecular flexibility index (Phi) is 6.80. The standard InChI is InChI=1S/C10H18O4/c1-8(2)6-4-3-5-7-14-10(13)9(11)12/h8H,3-7H2,1-2H3,(H,11,12). The van der Waals surface area contributed by atoms with Gasteiger partial charge in [0, 0.05) is 0 Å². The molecule has 0 unspecified atom stereocenters. The lowest BCUT2D eigenvalue weighted by Gasteiger charge is -2.04. The van der Waals surface area contributed by atoms with E-state index in [-0.39, 0.29) is 6.61 Å². The number of ether oxygens (including phenoxy) is 1. The van der Waals surface area contributed by atoms with Gasteiger partial charge in [0.2, 0.25) is 0 Å². The van der Waals surface area contributed by atoms with E-state index in [4.69, 9.17) is 5.11 Å². The van der Waals surface area contributed by atoms with E-state index < -0.39 is 11.9 Å². The average molecular weight is 202 g/mol. The fourth-order valence-corrected chi connectivity index (χ4v) is 1.06. The van der Waals surface area contributed by atoms with Crippen molar-refractivity contribution in [1.82, 2.24) is 0 Å². The maximum Gasteiger partial charge on any atom is 0.417 e. The van der Waals surface area contributed by atoms with Gasteiger partial charge in [-0.25, -0.2) is 9.59 Å². The van der Waals surface area contributed by atoms with Crippen molar-refractivity contribution in [2.45, 2.75) is 39.5 Å². The third kappa shape index (κ3) is 7.58. The minimum absolute atomic E-state index is 0.212. The van der Waals surface area contributed by atoms with E-state index in [0.717, 1.165) is 25.7 Å². The molecule has 0 radical (unpaired) electrons. The summed E-state index contributed by atoms with van der Waals surface area (Å²) < 4.78 is 4.47. The zero-order chi connectivity index (χ0) is 11.0. The summed E-state index contributed by atoms with van der Waals surface area (Å²) in [5.41, 5.74) is 0. The summed E-state index contributed by atoms with van der Waals surface area (Å²) in [7, 11) is 0. The fraction of sp³-hybridized carbons (Fsp3) is 0.800. The van der Waals surface area contributed by atoms with Gasteiger partial charge in [-0.15, -0.1) is 0 Å². The number of hydrogen-bond donors (Lipinski definition) is 1. The summed E-state index contributed by atoms with van der Waals surface area (Å²) in [6, 6.07) is 0. The smallest absolute Gasteiger partial charge is 0.417 e. The number of aliphatic carboxylic acids is 1. The van der Waals surface area contributed by atoms with Gasteiger partial charge in [0.1, 0.15) is 0 Å². The van der Waals surface area contributed by atoms with E-state index in [2.05, 4.69) is 18.6 Å². The lowest BCUT2D eigenvalue weighted by molar-refractivity contribution is -0.163. The molecule has 0 rings (SSSR count). The molecule has 0 atom stereocenters. The number of carboxylic acids is 1. The van der Waals surface area contributed by atoms with Crippen LogP contribution in [-0.4, -0.2) is 23.7 Å². The Balaban J connectivity index is 3.22. The van der Waals surface area contributed by atoms with Crippen molar-refractivity contribution in [3.63, 3.8) is 0 Å². The summed E-state index contributed by atoms with van der Waals surface area (Å²) in [4.78, 5) is 20.5. The number of carbonyl (C=O) groups excluding carboxylic acids is 1. The first-order valence-corrected chi connectivity index (χ1v) is 4.94. The molecule has 0 spiro atoms. The van der Waals surface area contributed by atoms with E-state index in [9.17, 15) is 9.59 Å². The summed E-state index contributed by atoms with van der Waals surface area (Å²) in [5.74, 6) is -1.99. The second-order valence-corrected chi connectivity index (χ2v) is 3.68. The second kappa shape index (κ2) is 7.35. The maximum atomic E-state index is 10.5. The van der Waals surface area contributed by atoms with Crippen LogP contribution in [0.25, 0.3) is 0 Å². The molecule has 0 heterocycles. The van der Waals surface area contributed by atoms with Crippen molar-refractivity contribution in [1.29, 1.82) is 0 Å². The SMILES string of the molecule is CC(C)CCCCCOC(=O)C(=O)O. The highest BCUT2D eigenvalue weighted by molar-refractivity contribution is 6.28. The number of rotatable bonds is 6. The molecular formula is C10H18O4. The predicted molar refractivity (Wildman–Crippen MR) is 51.9 cm³/mol. The van der Waals surface area contributed by atoms with Crippen molar-refractivity contribution >= 4 is 11.9 Å². The summed E-state index contributed by atoms with van der Waals surface area (Å²) in [6.45, 7) is 4.53. The van der Waals surface area contributed by atoms with Crippen LogP contribution in [0, 0.1) is 5.92 Å². The van der Waals surface area contributed by atoms with Gasteiger partial charge in [-0.3, -0.25) is 0 Å². The van der Waals surface area contributed by atoms with Crippen LogP contribution in [0.2, 0.25) is 0 Å². The van der Waals surface area contributed by atoms with Crippen molar-refractivity contribution in [2.24, 2.45) is 5.92 Å². The van der Waals surface area contributed by atoms with Crippen molar-refractivity contribution in [3.05, 3.63) is 0 Å². The van der Waals surface area contributed by atoms with E-state index in [1.165, 1.54) is 0 Å². The lowest BCUT2D eigenvalue weighted by Crippen LogP contribution is -2.16. The first-order valence-electron chi connectivity index (χ1n) is 4.94. The molecule has 0 saturated heterocycles. The predicted octanol–water partition coefficient (Wildman–Crippen LogP) is 1.83. The molecule has 0 fully saturated rings. The van der Waals surface area contributed by atoms with Crippen LogP contribution in [-0.2, 0) is 14.3 Å². The molecule has 4 heteroatoms.